The first-order valence-electron chi connectivity index (χ1n) is 8.35. The van der Waals surface area contributed by atoms with Crippen molar-refractivity contribution < 1.29 is 9.47 Å². The summed E-state index contributed by atoms with van der Waals surface area (Å²) < 4.78 is 12.8. The van der Waals surface area contributed by atoms with Crippen molar-refractivity contribution in [2.24, 2.45) is 10.1 Å². The van der Waals surface area contributed by atoms with Crippen LogP contribution in [0.25, 0.3) is 10.6 Å². The molecule has 0 amide bonds. The zero-order valence-corrected chi connectivity index (χ0v) is 16.4. The molecule has 3 heterocycles. The Balaban J connectivity index is 1.81. The maximum absolute atomic E-state index is 5.48. The molecule has 0 bridgehead atoms. The highest BCUT2D eigenvalue weighted by Crippen LogP contribution is 2.33. The highest BCUT2D eigenvalue weighted by atomic mass is 32.1. The van der Waals surface area contributed by atoms with Gasteiger partial charge < -0.3 is 9.47 Å². The van der Waals surface area contributed by atoms with Crippen LogP contribution >= 0.6 is 22.7 Å². The van der Waals surface area contributed by atoms with E-state index in [-0.39, 0.29) is 12.8 Å². The predicted octanol–water partition coefficient (Wildman–Crippen LogP) is 4.59. The van der Waals surface area contributed by atoms with Crippen molar-refractivity contribution in [1.82, 2.24) is 4.68 Å². The molecule has 4 rings (SSSR count). The van der Waals surface area contributed by atoms with Gasteiger partial charge in [-0.25, -0.2) is 4.68 Å². The van der Waals surface area contributed by atoms with Gasteiger partial charge in [0.05, 0.1) is 16.3 Å². The van der Waals surface area contributed by atoms with Crippen molar-refractivity contribution in [3.05, 3.63) is 51.5 Å². The minimum Gasteiger partial charge on any atom is -0.454 e. The molecule has 0 atom stereocenters. The molecule has 1 aliphatic heterocycles. The topological polar surface area (TPSA) is 48.1 Å². The van der Waals surface area contributed by atoms with Crippen LogP contribution in [-0.2, 0) is 0 Å². The van der Waals surface area contributed by atoms with Gasteiger partial charge in [0.15, 0.2) is 11.5 Å². The Labute approximate surface area is 159 Å². The number of thiophene rings is 1. The quantitative estimate of drug-likeness (QED) is 0.617. The highest BCUT2D eigenvalue weighted by molar-refractivity contribution is 7.14. The number of hydrogen-bond acceptors (Lipinski definition) is 6. The SMILES string of the molecule is CC(=Nn1c(-c2cccs2)csc1=NC(C)C)c1ccc2c(c1)OCO2. The number of benzene rings is 1. The third kappa shape index (κ3) is 3.32. The molecule has 0 N–H and O–H groups in total. The predicted molar refractivity (Wildman–Crippen MR) is 106 cm³/mol. The molecule has 1 aliphatic rings. The van der Waals surface area contributed by atoms with E-state index in [9.17, 15) is 0 Å². The van der Waals surface area contributed by atoms with E-state index in [2.05, 4.69) is 36.7 Å². The van der Waals surface area contributed by atoms with Crippen LogP contribution in [0.1, 0.15) is 26.3 Å². The van der Waals surface area contributed by atoms with E-state index in [1.54, 1.807) is 22.7 Å². The first-order valence-corrected chi connectivity index (χ1v) is 10.1. The fraction of sp³-hybridized carbons (Fsp3) is 0.263. The maximum Gasteiger partial charge on any atom is 0.231 e. The number of fused-ring (bicyclic) bond motifs is 1. The van der Waals surface area contributed by atoms with E-state index in [4.69, 9.17) is 19.6 Å². The van der Waals surface area contributed by atoms with Gasteiger partial charge in [0, 0.05) is 17.0 Å². The Kier molecular flexibility index (Phi) is 4.65. The van der Waals surface area contributed by atoms with Crippen LogP contribution in [-0.4, -0.2) is 23.2 Å². The molecule has 5 nitrogen and oxygen atoms in total. The van der Waals surface area contributed by atoms with Gasteiger partial charge in [-0.1, -0.05) is 6.07 Å². The Morgan fingerprint density at radius 3 is 2.77 bits per heavy atom. The van der Waals surface area contributed by atoms with Gasteiger partial charge in [-0.15, -0.1) is 22.7 Å². The summed E-state index contributed by atoms with van der Waals surface area (Å²) >= 11 is 3.31. The average Bonchev–Trinajstić information content (AvgIpc) is 3.34. The summed E-state index contributed by atoms with van der Waals surface area (Å²) in [5.41, 5.74) is 2.95. The maximum atomic E-state index is 5.48. The molecule has 0 unspecified atom stereocenters. The molecule has 0 radical (unpaired) electrons. The lowest BCUT2D eigenvalue weighted by molar-refractivity contribution is 0.174. The molecule has 0 saturated heterocycles. The normalized spacial score (nSPS) is 14.5. The van der Waals surface area contributed by atoms with Crippen LogP contribution in [0.15, 0.2) is 51.2 Å². The Bertz CT molecular complexity index is 1010. The van der Waals surface area contributed by atoms with E-state index < -0.39 is 0 Å². The summed E-state index contributed by atoms with van der Waals surface area (Å²) in [6.45, 7) is 6.42. The molecule has 1 aromatic carbocycles. The molecule has 26 heavy (non-hydrogen) atoms. The van der Waals surface area contributed by atoms with Crippen LogP contribution in [0.2, 0.25) is 0 Å². The second-order valence-corrected chi connectivity index (χ2v) is 7.95. The smallest absolute Gasteiger partial charge is 0.231 e. The summed E-state index contributed by atoms with van der Waals surface area (Å²) in [5.74, 6) is 1.54. The fourth-order valence-corrected chi connectivity index (χ4v) is 4.39. The second kappa shape index (κ2) is 7.09. The third-order valence-electron chi connectivity index (χ3n) is 3.87. The summed E-state index contributed by atoms with van der Waals surface area (Å²) in [5, 5.41) is 9.07. The van der Waals surface area contributed by atoms with E-state index in [1.165, 1.54) is 4.88 Å². The molecule has 3 aromatic rings. The molecular formula is C19H19N3O2S2. The van der Waals surface area contributed by atoms with Gasteiger partial charge in [-0.05, 0) is 50.4 Å². The molecule has 0 saturated carbocycles. The van der Waals surface area contributed by atoms with Gasteiger partial charge >= 0.3 is 0 Å². The number of hydrogen-bond donors (Lipinski definition) is 0. The summed E-state index contributed by atoms with van der Waals surface area (Å²) in [6.07, 6.45) is 0. The van der Waals surface area contributed by atoms with Crippen molar-refractivity contribution in [1.29, 1.82) is 0 Å². The lowest BCUT2D eigenvalue weighted by Gasteiger charge is -2.06. The van der Waals surface area contributed by atoms with Crippen molar-refractivity contribution in [2.75, 3.05) is 6.79 Å². The minimum atomic E-state index is 0.206. The first kappa shape index (κ1) is 17.1. The van der Waals surface area contributed by atoms with Crippen molar-refractivity contribution in [3.63, 3.8) is 0 Å². The third-order valence-corrected chi connectivity index (χ3v) is 5.59. The summed E-state index contributed by atoms with van der Waals surface area (Å²) in [6, 6.07) is 10.3. The zero-order chi connectivity index (χ0) is 18.1. The largest absolute Gasteiger partial charge is 0.454 e. The summed E-state index contributed by atoms with van der Waals surface area (Å²) in [4.78, 5) is 6.80. The number of aromatic nitrogens is 1. The van der Waals surface area contributed by atoms with Crippen molar-refractivity contribution in [3.8, 4) is 22.1 Å². The van der Waals surface area contributed by atoms with Crippen LogP contribution in [0.5, 0.6) is 11.5 Å². The number of thiazole rings is 1. The first-order chi connectivity index (χ1) is 12.6. The molecule has 0 spiro atoms. The lowest BCUT2D eigenvalue weighted by Crippen LogP contribution is -2.16. The standard InChI is InChI=1S/C19H19N3O2S2/c1-12(2)20-19-22(15(10-26-19)18-5-4-8-25-18)21-13(3)14-6-7-16-17(9-14)24-11-23-16/h4-10,12H,11H2,1-3H3. The van der Waals surface area contributed by atoms with Gasteiger partial charge in [0.25, 0.3) is 0 Å². The number of nitrogens with zero attached hydrogens (tertiary/aromatic N) is 3. The van der Waals surface area contributed by atoms with E-state index in [1.807, 2.05) is 29.8 Å². The molecular weight excluding hydrogens is 366 g/mol. The van der Waals surface area contributed by atoms with Gasteiger partial charge in [-0.2, -0.15) is 5.10 Å². The van der Waals surface area contributed by atoms with Gasteiger partial charge in [-0.3, -0.25) is 4.99 Å². The molecule has 7 heteroatoms. The number of rotatable bonds is 4. The van der Waals surface area contributed by atoms with Crippen LogP contribution in [0.3, 0.4) is 0 Å². The van der Waals surface area contributed by atoms with E-state index >= 15 is 0 Å². The molecule has 134 valence electrons. The van der Waals surface area contributed by atoms with Crippen LogP contribution in [0, 0.1) is 0 Å². The molecule has 0 aliphatic carbocycles. The van der Waals surface area contributed by atoms with Crippen molar-refractivity contribution >= 4 is 28.4 Å². The minimum absolute atomic E-state index is 0.206. The van der Waals surface area contributed by atoms with Crippen molar-refractivity contribution in [2.45, 2.75) is 26.8 Å². The highest BCUT2D eigenvalue weighted by Gasteiger charge is 2.15. The lowest BCUT2D eigenvalue weighted by atomic mass is 10.1. The monoisotopic (exact) mass is 385 g/mol. The Hall–Kier alpha value is -2.38. The summed E-state index contributed by atoms with van der Waals surface area (Å²) in [7, 11) is 0. The van der Waals surface area contributed by atoms with Crippen LogP contribution in [0.4, 0.5) is 0 Å². The Morgan fingerprint density at radius 2 is 2.00 bits per heavy atom. The number of ether oxygens (including phenoxy) is 2. The van der Waals surface area contributed by atoms with E-state index in [0.717, 1.165) is 33.3 Å². The zero-order valence-electron chi connectivity index (χ0n) is 14.8. The molecule has 0 fully saturated rings. The second-order valence-electron chi connectivity index (χ2n) is 6.17. The average molecular weight is 386 g/mol. The van der Waals surface area contributed by atoms with Gasteiger partial charge in [0.2, 0.25) is 11.6 Å². The fourth-order valence-electron chi connectivity index (χ4n) is 2.63. The van der Waals surface area contributed by atoms with Gasteiger partial charge in [0.1, 0.15) is 0 Å². The van der Waals surface area contributed by atoms with E-state index in [0.29, 0.717) is 0 Å². The molecule has 2 aromatic heterocycles. The van der Waals surface area contributed by atoms with Crippen LogP contribution < -0.4 is 14.3 Å². The Morgan fingerprint density at radius 1 is 1.15 bits per heavy atom.